The van der Waals surface area contributed by atoms with Crippen LogP contribution in [0.3, 0.4) is 0 Å². The lowest BCUT2D eigenvalue weighted by molar-refractivity contribution is -0.149. The zero-order chi connectivity index (χ0) is 14.4. The van der Waals surface area contributed by atoms with Crippen LogP contribution in [-0.4, -0.2) is 29.1 Å². The summed E-state index contributed by atoms with van der Waals surface area (Å²) in [6.07, 6.45) is 3.01. The minimum atomic E-state index is -0.580. The number of benzene rings is 1. The van der Waals surface area contributed by atoms with E-state index in [0.717, 1.165) is 38.9 Å². The van der Waals surface area contributed by atoms with Crippen molar-refractivity contribution in [1.82, 2.24) is 4.90 Å². The molecule has 2 heterocycles. The molecule has 1 saturated carbocycles. The molecule has 4 rings (SSSR count). The molecule has 110 valence electrons. The molecule has 1 aliphatic heterocycles. The normalized spacial score (nSPS) is 29.0. The van der Waals surface area contributed by atoms with Gasteiger partial charge in [0.2, 0.25) is 0 Å². The van der Waals surface area contributed by atoms with Crippen molar-refractivity contribution in [1.29, 1.82) is 0 Å². The van der Waals surface area contributed by atoms with Gasteiger partial charge in [0.1, 0.15) is 0 Å². The number of aliphatic carboxylic acids is 1. The van der Waals surface area contributed by atoms with Crippen LogP contribution in [0.4, 0.5) is 0 Å². The molecule has 3 nitrogen and oxygen atoms in total. The highest BCUT2D eigenvalue weighted by atomic mass is 32.1. The largest absolute Gasteiger partial charge is 0.481 e. The van der Waals surface area contributed by atoms with E-state index >= 15 is 0 Å². The number of likely N-dealkylation sites (tertiary alicyclic amines) is 1. The van der Waals surface area contributed by atoms with E-state index in [-0.39, 0.29) is 0 Å². The Hall–Kier alpha value is -1.39. The maximum Gasteiger partial charge on any atom is 0.311 e. The van der Waals surface area contributed by atoms with Gasteiger partial charge in [-0.1, -0.05) is 24.6 Å². The fourth-order valence-electron chi connectivity index (χ4n) is 4.20. The van der Waals surface area contributed by atoms with Gasteiger partial charge in [-0.2, -0.15) is 0 Å². The minimum absolute atomic E-state index is 0.351. The van der Waals surface area contributed by atoms with Gasteiger partial charge in [-0.15, -0.1) is 11.3 Å². The average Bonchev–Trinajstić information content (AvgIpc) is 3.09. The maximum atomic E-state index is 11.7. The summed E-state index contributed by atoms with van der Waals surface area (Å²) in [4.78, 5) is 15.4. The molecule has 2 fully saturated rings. The standard InChI is InChI=1S/C17H19NO2S/c19-16(20)17-7-3-5-13(17)9-18(11-17)10-14-8-12-4-1-2-6-15(12)21-14/h1-2,4,6,8,13H,3,5,7,9-11H2,(H,19,20)/t13-,17+/m0/s1. The van der Waals surface area contributed by atoms with Crippen LogP contribution >= 0.6 is 11.3 Å². The van der Waals surface area contributed by atoms with Gasteiger partial charge in [0, 0.05) is 29.2 Å². The molecule has 1 N–H and O–H groups in total. The first-order chi connectivity index (χ1) is 10.2. The summed E-state index contributed by atoms with van der Waals surface area (Å²) in [5.74, 6) is -0.229. The summed E-state index contributed by atoms with van der Waals surface area (Å²) in [5.41, 5.74) is -0.462. The molecule has 0 amide bonds. The molecule has 1 aromatic heterocycles. The van der Waals surface area contributed by atoms with E-state index in [0.29, 0.717) is 5.92 Å². The zero-order valence-corrected chi connectivity index (χ0v) is 12.7. The molecule has 0 radical (unpaired) electrons. The Balaban J connectivity index is 1.55. The van der Waals surface area contributed by atoms with E-state index < -0.39 is 11.4 Å². The van der Waals surface area contributed by atoms with Gasteiger partial charge in [-0.3, -0.25) is 9.69 Å². The Kier molecular flexibility index (Phi) is 3.05. The Morgan fingerprint density at radius 3 is 3.05 bits per heavy atom. The third kappa shape index (κ3) is 2.09. The molecule has 0 bridgehead atoms. The molecule has 2 atom stereocenters. The molecule has 1 aromatic carbocycles. The van der Waals surface area contributed by atoms with Crippen LogP contribution in [0.1, 0.15) is 24.1 Å². The number of carboxylic acids is 1. The summed E-state index contributed by atoms with van der Waals surface area (Å²) in [6.45, 7) is 2.56. The third-order valence-corrected chi connectivity index (χ3v) is 6.32. The fourth-order valence-corrected chi connectivity index (χ4v) is 5.31. The summed E-state index contributed by atoms with van der Waals surface area (Å²) in [6, 6.07) is 10.7. The van der Waals surface area contributed by atoms with Crippen LogP contribution in [0, 0.1) is 11.3 Å². The first kappa shape index (κ1) is 13.3. The maximum absolute atomic E-state index is 11.7. The van der Waals surface area contributed by atoms with E-state index in [4.69, 9.17) is 0 Å². The second-order valence-electron chi connectivity index (χ2n) is 6.47. The van der Waals surface area contributed by atoms with Crippen molar-refractivity contribution in [2.45, 2.75) is 25.8 Å². The van der Waals surface area contributed by atoms with E-state index in [9.17, 15) is 9.90 Å². The molecule has 0 unspecified atom stereocenters. The number of thiophene rings is 1. The molecular formula is C17H19NO2S. The van der Waals surface area contributed by atoms with Crippen LogP contribution in [-0.2, 0) is 11.3 Å². The van der Waals surface area contributed by atoms with Crippen LogP contribution < -0.4 is 0 Å². The Labute approximate surface area is 128 Å². The summed E-state index contributed by atoms with van der Waals surface area (Å²) >= 11 is 1.83. The van der Waals surface area contributed by atoms with Crippen LogP contribution in [0.25, 0.3) is 10.1 Å². The summed E-state index contributed by atoms with van der Waals surface area (Å²) in [5, 5.41) is 10.9. The topological polar surface area (TPSA) is 40.5 Å². The number of carboxylic acid groups (broad SMARTS) is 1. The number of carbonyl (C=O) groups is 1. The van der Waals surface area contributed by atoms with Gasteiger partial charge in [-0.25, -0.2) is 0 Å². The van der Waals surface area contributed by atoms with Gasteiger partial charge in [0.15, 0.2) is 0 Å². The van der Waals surface area contributed by atoms with Crippen LogP contribution in [0.2, 0.25) is 0 Å². The van der Waals surface area contributed by atoms with Crippen LogP contribution in [0.15, 0.2) is 30.3 Å². The van der Waals surface area contributed by atoms with Gasteiger partial charge >= 0.3 is 5.97 Å². The van der Waals surface area contributed by atoms with E-state index in [2.05, 4.69) is 35.2 Å². The number of hydrogen-bond donors (Lipinski definition) is 1. The van der Waals surface area contributed by atoms with Gasteiger partial charge in [0.25, 0.3) is 0 Å². The van der Waals surface area contributed by atoms with E-state index in [1.807, 2.05) is 11.3 Å². The smallest absolute Gasteiger partial charge is 0.311 e. The second kappa shape index (κ2) is 4.82. The molecular weight excluding hydrogens is 282 g/mol. The lowest BCUT2D eigenvalue weighted by Gasteiger charge is -2.23. The Morgan fingerprint density at radius 1 is 1.43 bits per heavy atom. The molecule has 4 heteroatoms. The Morgan fingerprint density at radius 2 is 2.29 bits per heavy atom. The van der Waals surface area contributed by atoms with Crippen molar-refractivity contribution in [2.24, 2.45) is 11.3 Å². The third-order valence-electron chi connectivity index (χ3n) is 5.22. The average molecular weight is 301 g/mol. The van der Waals surface area contributed by atoms with Crippen molar-refractivity contribution in [3.05, 3.63) is 35.2 Å². The highest BCUT2D eigenvalue weighted by Gasteiger charge is 2.54. The van der Waals surface area contributed by atoms with Crippen molar-refractivity contribution in [2.75, 3.05) is 13.1 Å². The number of hydrogen-bond acceptors (Lipinski definition) is 3. The monoisotopic (exact) mass is 301 g/mol. The van der Waals surface area contributed by atoms with Gasteiger partial charge in [0.05, 0.1) is 5.41 Å². The molecule has 1 saturated heterocycles. The molecule has 0 spiro atoms. The van der Waals surface area contributed by atoms with Crippen molar-refractivity contribution >= 4 is 27.4 Å². The highest BCUT2D eigenvalue weighted by molar-refractivity contribution is 7.19. The van der Waals surface area contributed by atoms with Crippen molar-refractivity contribution in [3.63, 3.8) is 0 Å². The van der Waals surface area contributed by atoms with Crippen molar-refractivity contribution in [3.8, 4) is 0 Å². The lowest BCUT2D eigenvalue weighted by Crippen LogP contribution is -2.35. The molecule has 1 aliphatic carbocycles. The van der Waals surface area contributed by atoms with E-state index in [1.165, 1.54) is 15.0 Å². The molecule has 2 aromatic rings. The Bertz CT molecular complexity index is 662. The zero-order valence-electron chi connectivity index (χ0n) is 11.9. The first-order valence-electron chi connectivity index (χ1n) is 7.61. The van der Waals surface area contributed by atoms with Crippen molar-refractivity contribution < 1.29 is 9.90 Å². The molecule has 2 aliphatic rings. The first-order valence-corrected chi connectivity index (χ1v) is 8.42. The number of rotatable bonds is 3. The van der Waals surface area contributed by atoms with Gasteiger partial charge < -0.3 is 5.11 Å². The predicted octanol–water partition coefficient (Wildman–Crippen LogP) is 3.59. The SMILES string of the molecule is O=C(O)[C@@]12CCC[C@H]1CN(Cc1cc3ccccc3s1)C2. The minimum Gasteiger partial charge on any atom is -0.481 e. The number of nitrogens with zero attached hydrogens (tertiary/aromatic N) is 1. The quantitative estimate of drug-likeness (QED) is 0.942. The predicted molar refractivity (Wildman–Crippen MR) is 84.5 cm³/mol. The van der Waals surface area contributed by atoms with Gasteiger partial charge in [-0.05, 0) is 36.3 Å². The molecule has 21 heavy (non-hydrogen) atoms. The summed E-state index contributed by atoms with van der Waals surface area (Å²) < 4.78 is 1.32. The lowest BCUT2D eigenvalue weighted by atomic mass is 9.81. The number of fused-ring (bicyclic) bond motifs is 2. The van der Waals surface area contributed by atoms with E-state index in [1.54, 1.807) is 0 Å². The highest BCUT2D eigenvalue weighted by Crippen LogP contribution is 2.49. The van der Waals surface area contributed by atoms with Crippen LogP contribution in [0.5, 0.6) is 0 Å². The summed E-state index contributed by atoms with van der Waals surface area (Å²) in [7, 11) is 0. The second-order valence-corrected chi connectivity index (χ2v) is 7.64. The fraction of sp³-hybridized carbons (Fsp3) is 0.471.